The van der Waals surface area contributed by atoms with Crippen molar-refractivity contribution in [2.75, 3.05) is 0 Å². The van der Waals surface area contributed by atoms with E-state index in [4.69, 9.17) is 28.3 Å². The van der Waals surface area contributed by atoms with Gasteiger partial charge in [0.2, 0.25) is 4.84 Å². The SMILES string of the molecule is O=C(O)C(Cl)Cl.O=[As]O[As]=O. The first-order chi connectivity index (χ1) is 5.06. The van der Waals surface area contributed by atoms with E-state index in [2.05, 4.69) is 2.72 Å². The molecule has 0 aromatic carbocycles. The van der Waals surface area contributed by atoms with Crippen LogP contribution in [0.1, 0.15) is 0 Å². The van der Waals surface area contributed by atoms with Crippen LogP contribution in [0.5, 0.6) is 0 Å². The monoisotopic (exact) mass is 326 g/mol. The van der Waals surface area contributed by atoms with E-state index in [1.165, 1.54) is 0 Å². The fraction of sp³-hybridized carbons (Fsp3) is 0.500. The average Bonchev–Trinajstić information content (AvgIpc) is 1.90. The molecule has 0 saturated carbocycles. The van der Waals surface area contributed by atoms with Crippen LogP contribution in [0, 0.1) is 0 Å². The van der Waals surface area contributed by atoms with E-state index in [-0.39, 0.29) is 0 Å². The molecule has 5 nitrogen and oxygen atoms in total. The normalized spacial score (nSPS) is 9.36. The van der Waals surface area contributed by atoms with Crippen LogP contribution in [0.4, 0.5) is 0 Å². The molecule has 1 N–H and O–H groups in total. The Hall–Kier alpha value is 0.727. The number of alkyl halides is 2. The summed E-state index contributed by atoms with van der Waals surface area (Å²) in [5.74, 6) is -1.21. The second kappa shape index (κ2) is 10.7. The van der Waals surface area contributed by atoms with Gasteiger partial charge in [0.15, 0.2) is 0 Å². The maximum atomic E-state index is 9.44. The van der Waals surface area contributed by atoms with Gasteiger partial charge in [-0.3, -0.25) is 0 Å². The average molecular weight is 327 g/mol. The van der Waals surface area contributed by atoms with Crippen LogP contribution in [0.15, 0.2) is 0 Å². The van der Waals surface area contributed by atoms with Crippen LogP contribution in [0.3, 0.4) is 0 Å². The molecule has 0 spiro atoms. The standard InChI is InChI=1S/C2H2Cl2O2.As2O3/c3-1(4)2(5)6;3-1-5-2-4/h1H,(H,5,6);. The Bertz CT molecular complexity index is 132. The van der Waals surface area contributed by atoms with Crippen molar-refractivity contribution in [3.63, 3.8) is 0 Å². The molecule has 0 fully saturated rings. The third kappa shape index (κ3) is 18.1. The van der Waals surface area contributed by atoms with E-state index in [0.29, 0.717) is 0 Å². The molecule has 0 aromatic heterocycles. The van der Waals surface area contributed by atoms with Crippen LogP contribution < -0.4 is 0 Å². The van der Waals surface area contributed by atoms with Gasteiger partial charge in [0.05, 0.1) is 0 Å². The van der Waals surface area contributed by atoms with E-state index < -0.39 is 42.9 Å². The zero-order chi connectivity index (χ0) is 9.28. The first kappa shape index (κ1) is 14.3. The summed E-state index contributed by atoms with van der Waals surface area (Å²) >= 11 is 6.95. The molecule has 0 rings (SSSR count). The molecule has 0 heterocycles. The fourth-order valence-corrected chi connectivity index (χ4v) is 0.367. The minimum absolute atomic E-state index is 1.21. The number of rotatable bonds is 3. The molecule has 0 aromatic rings. The summed E-state index contributed by atoms with van der Waals surface area (Å²) < 4.78 is 22.4. The molecule has 0 aliphatic heterocycles. The fourth-order valence-electron chi connectivity index (χ4n) is 0.0136. The van der Waals surface area contributed by atoms with Gasteiger partial charge in [0.25, 0.3) is 0 Å². The molecule has 0 radical (unpaired) electrons. The first-order valence-corrected chi connectivity index (χ1v) is 5.82. The van der Waals surface area contributed by atoms with Crippen molar-refractivity contribution >= 4 is 61.2 Å². The number of halogens is 2. The van der Waals surface area contributed by atoms with Crippen LogP contribution in [-0.4, -0.2) is 48.0 Å². The Morgan fingerprint density at radius 1 is 1.36 bits per heavy atom. The number of carboxylic acids is 1. The molecular formula is C2H2As2Cl2O5. The molecular weight excluding hydrogens is 325 g/mol. The van der Waals surface area contributed by atoms with Crippen molar-refractivity contribution in [2.45, 2.75) is 4.84 Å². The van der Waals surface area contributed by atoms with Gasteiger partial charge in [-0.2, -0.15) is 0 Å². The molecule has 9 heteroatoms. The summed E-state index contributed by atoms with van der Waals surface area (Å²) in [6.07, 6.45) is 0. The second-order valence-electron chi connectivity index (χ2n) is 0.870. The van der Waals surface area contributed by atoms with E-state index >= 15 is 0 Å². The number of carboxylic acid groups (broad SMARTS) is 1. The van der Waals surface area contributed by atoms with Gasteiger partial charge < -0.3 is 5.11 Å². The predicted molar refractivity (Wildman–Crippen MR) is 37.1 cm³/mol. The summed E-state index contributed by atoms with van der Waals surface area (Å²) in [7, 11) is 0. The van der Waals surface area contributed by atoms with Crippen molar-refractivity contribution in [1.82, 2.24) is 0 Å². The summed E-state index contributed by atoms with van der Waals surface area (Å²) in [5.41, 5.74) is 0. The van der Waals surface area contributed by atoms with Crippen molar-refractivity contribution in [1.29, 1.82) is 0 Å². The Morgan fingerprint density at radius 2 is 1.64 bits per heavy atom. The van der Waals surface area contributed by atoms with Crippen LogP contribution in [-0.2, 0) is 15.0 Å². The van der Waals surface area contributed by atoms with Gasteiger partial charge in [-0.15, -0.1) is 0 Å². The van der Waals surface area contributed by atoms with Crippen molar-refractivity contribution < 1.29 is 20.1 Å². The topological polar surface area (TPSA) is 80.7 Å². The summed E-state index contributed by atoms with van der Waals surface area (Å²) in [5, 5.41) is 7.73. The van der Waals surface area contributed by atoms with E-state index in [0.717, 1.165) is 0 Å². The third-order valence-corrected chi connectivity index (χ3v) is 2.36. The Labute approximate surface area is 85.9 Å². The number of hydrogen-bond acceptors (Lipinski definition) is 4. The molecule has 0 unspecified atom stereocenters. The zero-order valence-electron chi connectivity index (χ0n) is 4.81. The summed E-state index contributed by atoms with van der Waals surface area (Å²) in [6, 6.07) is 0. The molecule has 0 atom stereocenters. The maximum absolute atomic E-state index is 9.44. The van der Waals surface area contributed by atoms with Crippen LogP contribution in [0.25, 0.3) is 0 Å². The molecule has 0 bridgehead atoms. The molecule has 0 amide bonds. The van der Waals surface area contributed by atoms with E-state index in [1.807, 2.05) is 0 Å². The Morgan fingerprint density at radius 3 is 1.64 bits per heavy atom. The quantitative estimate of drug-likeness (QED) is 0.574. The molecule has 11 heavy (non-hydrogen) atoms. The van der Waals surface area contributed by atoms with Crippen LogP contribution >= 0.6 is 23.2 Å². The van der Waals surface area contributed by atoms with Gasteiger partial charge in [0, 0.05) is 0 Å². The number of hydrogen-bond donors (Lipinski definition) is 1. The summed E-state index contributed by atoms with van der Waals surface area (Å²) in [6.45, 7) is 0. The van der Waals surface area contributed by atoms with Crippen molar-refractivity contribution in [3.05, 3.63) is 0 Å². The van der Waals surface area contributed by atoms with E-state index in [9.17, 15) is 12.3 Å². The molecule has 0 aliphatic rings. The first-order valence-electron chi connectivity index (χ1n) is 1.88. The van der Waals surface area contributed by atoms with Gasteiger partial charge in [-0.05, 0) is 0 Å². The number of carbonyl (C=O) groups is 1. The molecule has 0 aliphatic carbocycles. The van der Waals surface area contributed by atoms with E-state index in [1.54, 1.807) is 0 Å². The van der Waals surface area contributed by atoms with Gasteiger partial charge >= 0.3 is 48.2 Å². The van der Waals surface area contributed by atoms with Gasteiger partial charge in [0.1, 0.15) is 0 Å². The number of aliphatic carboxylic acids is 1. The van der Waals surface area contributed by atoms with Gasteiger partial charge in [-0.1, -0.05) is 23.2 Å². The van der Waals surface area contributed by atoms with Crippen molar-refractivity contribution in [3.8, 4) is 0 Å². The second-order valence-corrected chi connectivity index (χ2v) is 4.71. The van der Waals surface area contributed by atoms with Gasteiger partial charge in [-0.25, -0.2) is 4.79 Å². The Kier molecular flexibility index (Phi) is 13.9. The minimum atomic E-state index is -1.30. The molecule has 0 saturated heterocycles. The molecule has 64 valence electrons. The van der Waals surface area contributed by atoms with Crippen LogP contribution in [0.2, 0.25) is 0 Å². The Balaban J connectivity index is 0. The zero-order valence-corrected chi connectivity index (χ0v) is 10.1. The predicted octanol–water partition coefficient (Wildman–Crippen LogP) is -0.193. The summed E-state index contributed by atoms with van der Waals surface area (Å²) in [4.78, 5) is 8.15. The third-order valence-electron chi connectivity index (χ3n) is 0.253. The van der Waals surface area contributed by atoms with Crippen molar-refractivity contribution in [2.24, 2.45) is 0 Å².